The normalized spacial score (nSPS) is 12.8. The highest BCUT2D eigenvalue weighted by molar-refractivity contribution is 5.91. The van der Waals surface area contributed by atoms with Crippen LogP contribution in [0.3, 0.4) is 0 Å². The van der Waals surface area contributed by atoms with Crippen molar-refractivity contribution >= 4 is 23.5 Å². The zero-order valence-electron chi connectivity index (χ0n) is 14.2. The first-order valence-electron chi connectivity index (χ1n) is 7.79. The largest absolute Gasteiger partial charge is 0.368 e. The van der Waals surface area contributed by atoms with E-state index in [0.717, 1.165) is 0 Å². The number of halogens is 1. The molecule has 7 nitrogen and oxygen atoms in total. The molecule has 1 aromatic rings. The van der Waals surface area contributed by atoms with E-state index in [1.165, 1.54) is 38.1 Å². The van der Waals surface area contributed by atoms with Crippen LogP contribution in [0.25, 0.3) is 0 Å². The zero-order valence-corrected chi connectivity index (χ0v) is 14.2. The van der Waals surface area contributed by atoms with E-state index in [4.69, 9.17) is 5.73 Å². The van der Waals surface area contributed by atoms with Crippen molar-refractivity contribution in [1.29, 1.82) is 0 Å². The Hall–Kier alpha value is -2.77. The molecule has 0 bridgehead atoms. The van der Waals surface area contributed by atoms with Crippen molar-refractivity contribution in [3.63, 3.8) is 0 Å². The lowest BCUT2D eigenvalue weighted by Gasteiger charge is -2.21. The van der Waals surface area contributed by atoms with E-state index in [2.05, 4.69) is 10.6 Å². The summed E-state index contributed by atoms with van der Waals surface area (Å²) in [4.78, 5) is 46.3. The van der Waals surface area contributed by atoms with Crippen LogP contribution in [-0.4, -0.2) is 35.6 Å². The molecule has 1 aromatic carbocycles. The average Bonchev–Trinajstić information content (AvgIpc) is 2.51. The highest BCUT2D eigenvalue weighted by atomic mass is 19.1. The molecule has 136 valence electrons. The first kappa shape index (κ1) is 20.3. The number of Topliss-reactive ketones (excluding diaryl/α,β-unsaturated/α-hetero) is 1. The van der Waals surface area contributed by atoms with Gasteiger partial charge in [-0.05, 0) is 31.0 Å². The molecule has 0 aliphatic carbocycles. The van der Waals surface area contributed by atoms with Gasteiger partial charge in [0.2, 0.25) is 17.7 Å². The average molecular weight is 351 g/mol. The summed E-state index contributed by atoms with van der Waals surface area (Å²) in [5.41, 5.74) is 5.88. The molecule has 0 unspecified atom stereocenters. The number of amides is 3. The number of primary amides is 1. The fourth-order valence-electron chi connectivity index (χ4n) is 2.22. The quantitative estimate of drug-likeness (QED) is 0.589. The molecule has 4 N–H and O–H groups in total. The number of carbonyl (C=O) groups excluding carboxylic acids is 4. The minimum absolute atomic E-state index is 0.0831. The summed E-state index contributed by atoms with van der Waals surface area (Å²) in [5, 5.41) is 4.94. The molecule has 0 spiro atoms. The summed E-state index contributed by atoms with van der Waals surface area (Å²) < 4.78 is 13.0. The van der Waals surface area contributed by atoms with Crippen LogP contribution in [0.15, 0.2) is 24.3 Å². The van der Waals surface area contributed by atoms with Gasteiger partial charge < -0.3 is 21.2 Å². The lowest BCUT2D eigenvalue weighted by atomic mass is 10.0. The van der Waals surface area contributed by atoms with Crippen LogP contribution < -0.4 is 16.4 Å². The van der Waals surface area contributed by atoms with E-state index in [-0.39, 0.29) is 25.0 Å². The third-order valence-electron chi connectivity index (χ3n) is 3.49. The summed E-state index contributed by atoms with van der Waals surface area (Å²) >= 11 is 0. The third-order valence-corrected chi connectivity index (χ3v) is 3.49. The molecule has 0 saturated carbocycles. The van der Waals surface area contributed by atoms with Crippen LogP contribution in [0, 0.1) is 5.82 Å². The summed E-state index contributed by atoms with van der Waals surface area (Å²) in [5.74, 6) is -2.35. The second-order valence-electron chi connectivity index (χ2n) is 5.79. The lowest BCUT2D eigenvalue weighted by molar-refractivity contribution is -0.131. The van der Waals surface area contributed by atoms with Crippen molar-refractivity contribution in [2.45, 2.75) is 45.2 Å². The SMILES string of the molecule is CC(=O)CC[C@@H](NC(=O)[C@H](Cc1ccc(F)cc1)NC(C)=O)C(N)=O. The molecule has 0 radical (unpaired) electrons. The molecular formula is C17H22FN3O4. The van der Waals surface area contributed by atoms with Gasteiger partial charge in [-0.15, -0.1) is 0 Å². The molecule has 0 heterocycles. The van der Waals surface area contributed by atoms with Gasteiger partial charge in [0.1, 0.15) is 23.7 Å². The Morgan fingerprint density at radius 3 is 2.12 bits per heavy atom. The van der Waals surface area contributed by atoms with Gasteiger partial charge in [0.15, 0.2) is 0 Å². The predicted molar refractivity (Wildman–Crippen MR) is 88.7 cm³/mol. The summed E-state index contributed by atoms with van der Waals surface area (Å²) in [6.07, 6.45) is 0.292. The van der Waals surface area contributed by atoms with E-state index in [1.54, 1.807) is 0 Å². The predicted octanol–water partition coefficient (Wildman–Crippen LogP) is 0.212. The van der Waals surface area contributed by atoms with Gasteiger partial charge >= 0.3 is 0 Å². The number of benzene rings is 1. The fraction of sp³-hybridized carbons (Fsp3) is 0.412. The van der Waals surface area contributed by atoms with E-state index in [9.17, 15) is 23.6 Å². The Morgan fingerprint density at radius 1 is 1.04 bits per heavy atom. The standard InChI is InChI=1S/C17H22FN3O4/c1-10(22)3-8-14(16(19)24)21-17(25)15(20-11(2)23)9-12-4-6-13(18)7-5-12/h4-7,14-15H,3,8-9H2,1-2H3,(H2,19,24)(H,20,23)(H,21,25)/t14-,15+/m1/s1. The Balaban J connectivity index is 2.83. The zero-order chi connectivity index (χ0) is 19.0. The maximum Gasteiger partial charge on any atom is 0.243 e. The van der Waals surface area contributed by atoms with Crippen molar-refractivity contribution in [2.75, 3.05) is 0 Å². The number of nitrogens with two attached hydrogens (primary N) is 1. The molecule has 1 rings (SSSR count). The fourth-order valence-corrected chi connectivity index (χ4v) is 2.22. The van der Waals surface area contributed by atoms with Crippen molar-refractivity contribution in [2.24, 2.45) is 5.73 Å². The maximum atomic E-state index is 13.0. The number of hydrogen-bond acceptors (Lipinski definition) is 4. The molecular weight excluding hydrogens is 329 g/mol. The minimum atomic E-state index is -1.01. The highest BCUT2D eigenvalue weighted by Gasteiger charge is 2.25. The first-order valence-corrected chi connectivity index (χ1v) is 7.79. The molecule has 8 heteroatoms. The molecule has 0 fully saturated rings. The van der Waals surface area contributed by atoms with Crippen molar-refractivity contribution in [3.05, 3.63) is 35.6 Å². The first-order chi connectivity index (χ1) is 11.7. The van der Waals surface area contributed by atoms with Gasteiger partial charge in [-0.3, -0.25) is 14.4 Å². The second-order valence-corrected chi connectivity index (χ2v) is 5.79. The minimum Gasteiger partial charge on any atom is -0.368 e. The highest BCUT2D eigenvalue weighted by Crippen LogP contribution is 2.07. The Bertz CT molecular complexity index is 646. The van der Waals surface area contributed by atoms with Crippen molar-refractivity contribution in [3.8, 4) is 0 Å². The van der Waals surface area contributed by atoms with Gasteiger partial charge in [0, 0.05) is 19.8 Å². The molecule has 0 aliphatic rings. The number of hydrogen-bond donors (Lipinski definition) is 3. The van der Waals surface area contributed by atoms with Crippen molar-refractivity contribution < 1.29 is 23.6 Å². The van der Waals surface area contributed by atoms with Gasteiger partial charge in [-0.2, -0.15) is 0 Å². The summed E-state index contributed by atoms with van der Waals surface area (Å²) in [7, 11) is 0. The molecule has 0 saturated heterocycles. The summed E-state index contributed by atoms with van der Waals surface area (Å²) in [6, 6.07) is 3.52. The van der Waals surface area contributed by atoms with Crippen LogP contribution in [0.1, 0.15) is 32.3 Å². The van der Waals surface area contributed by atoms with Crippen LogP contribution in [0.5, 0.6) is 0 Å². The Kier molecular flexibility index (Phi) is 7.71. The monoisotopic (exact) mass is 351 g/mol. The molecule has 0 aliphatic heterocycles. The van der Waals surface area contributed by atoms with Gasteiger partial charge in [-0.1, -0.05) is 12.1 Å². The molecule has 2 atom stereocenters. The Morgan fingerprint density at radius 2 is 1.64 bits per heavy atom. The number of ketones is 1. The van der Waals surface area contributed by atoms with Crippen LogP contribution in [0.2, 0.25) is 0 Å². The third kappa shape index (κ3) is 7.56. The molecule has 25 heavy (non-hydrogen) atoms. The Labute approximate surface area is 145 Å². The van der Waals surface area contributed by atoms with Crippen molar-refractivity contribution in [1.82, 2.24) is 10.6 Å². The van der Waals surface area contributed by atoms with Gasteiger partial charge in [-0.25, -0.2) is 4.39 Å². The molecule has 0 aromatic heterocycles. The topological polar surface area (TPSA) is 118 Å². The van der Waals surface area contributed by atoms with Gasteiger partial charge in [0.25, 0.3) is 0 Å². The second kappa shape index (κ2) is 9.51. The maximum absolute atomic E-state index is 13.0. The van der Waals surface area contributed by atoms with E-state index < -0.39 is 35.6 Å². The van der Waals surface area contributed by atoms with Crippen LogP contribution in [0.4, 0.5) is 4.39 Å². The number of rotatable bonds is 9. The van der Waals surface area contributed by atoms with Gasteiger partial charge in [0.05, 0.1) is 0 Å². The molecule has 3 amide bonds. The van der Waals surface area contributed by atoms with E-state index in [0.29, 0.717) is 5.56 Å². The van der Waals surface area contributed by atoms with E-state index in [1.807, 2.05) is 0 Å². The number of carbonyl (C=O) groups is 4. The van der Waals surface area contributed by atoms with Crippen LogP contribution in [-0.2, 0) is 25.6 Å². The van der Waals surface area contributed by atoms with Crippen LogP contribution >= 0.6 is 0 Å². The lowest BCUT2D eigenvalue weighted by Crippen LogP contribution is -2.53. The van der Waals surface area contributed by atoms with E-state index >= 15 is 0 Å². The summed E-state index contributed by atoms with van der Waals surface area (Å²) in [6.45, 7) is 2.63. The number of nitrogens with one attached hydrogen (secondary N) is 2. The smallest absolute Gasteiger partial charge is 0.243 e.